The molecule has 7 heteroatoms. The molecule has 0 unspecified atom stereocenters. The van der Waals surface area contributed by atoms with E-state index in [1.54, 1.807) is 6.07 Å². The number of aromatic nitrogens is 4. The average Bonchev–Trinajstić information content (AvgIpc) is 2.72. The fourth-order valence-corrected chi connectivity index (χ4v) is 2.16. The first kappa shape index (κ1) is 14.7. The van der Waals surface area contributed by atoms with Crippen LogP contribution in [0.4, 0.5) is 5.82 Å². The molecule has 0 atom stereocenters. The maximum atomic E-state index is 11.1. The third-order valence-corrected chi connectivity index (χ3v) is 3.35. The van der Waals surface area contributed by atoms with Crippen molar-refractivity contribution in [3.63, 3.8) is 0 Å². The number of aromatic amines is 1. The monoisotopic (exact) mass is 287 g/mol. The molecular weight excluding hydrogens is 270 g/mol. The molecule has 2 aromatic heterocycles. The molecule has 0 saturated heterocycles. The summed E-state index contributed by atoms with van der Waals surface area (Å²) < 4.78 is 1.88. The van der Waals surface area contributed by atoms with Gasteiger partial charge in [-0.15, -0.1) is 0 Å². The van der Waals surface area contributed by atoms with Gasteiger partial charge in [-0.25, -0.2) is 9.78 Å². The smallest absolute Gasteiger partial charge is 0.346 e. The van der Waals surface area contributed by atoms with Gasteiger partial charge in [0, 0.05) is 30.9 Å². The van der Waals surface area contributed by atoms with Crippen molar-refractivity contribution in [2.24, 2.45) is 7.05 Å². The molecule has 0 fully saturated rings. The van der Waals surface area contributed by atoms with Gasteiger partial charge in [0.15, 0.2) is 0 Å². The summed E-state index contributed by atoms with van der Waals surface area (Å²) in [4.78, 5) is 17.3. The summed E-state index contributed by atoms with van der Waals surface area (Å²) in [7, 11) is 1.94. The number of rotatable bonds is 3. The highest BCUT2D eigenvalue weighted by Crippen LogP contribution is 2.18. The number of nitrogens with one attached hydrogen (secondary N) is 2. The van der Waals surface area contributed by atoms with Crippen molar-refractivity contribution in [3.05, 3.63) is 52.2 Å². The van der Waals surface area contributed by atoms with E-state index in [4.69, 9.17) is 0 Å². The maximum absolute atomic E-state index is 11.1. The fourth-order valence-electron chi connectivity index (χ4n) is 2.16. The normalized spacial score (nSPS) is 10.4. The van der Waals surface area contributed by atoms with Gasteiger partial charge in [0.1, 0.15) is 5.82 Å². The average molecular weight is 287 g/mol. The quantitative estimate of drug-likeness (QED) is 0.741. The van der Waals surface area contributed by atoms with Crippen LogP contribution in [0.5, 0.6) is 0 Å². The van der Waals surface area contributed by atoms with Crippen LogP contribution in [-0.2, 0) is 13.6 Å². The van der Waals surface area contributed by atoms with E-state index in [-0.39, 0.29) is 11.2 Å². The number of nitrogens with zero attached hydrogens (tertiary/aromatic N) is 3. The van der Waals surface area contributed by atoms with Crippen LogP contribution in [-0.4, -0.2) is 25.2 Å². The van der Waals surface area contributed by atoms with Gasteiger partial charge in [-0.3, -0.25) is 9.67 Å². The van der Waals surface area contributed by atoms with Crippen LogP contribution in [0.25, 0.3) is 10.9 Å². The molecule has 3 rings (SSSR count). The second-order valence-electron chi connectivity index (χ2n) is 4.70. The Morgan fingerprint density at radius 2 is 2.14 bits per heavy atom. The van der Waals surface area contributed by atoms with Crippen molar-refractivity contribution >= 4 is 16.7 Å². The standard InChI is InChI=1S/C14H15N5O.H2O/c1-9-11-4-3-10(7-12(11)18-19(9)2)8-16-13-5-6-15-14(20)17-13;/h3-7H,8H2,1-2H3,(H2,15,16,17,20);1H2. The van der Waals surface area contributed by atoms with Gasteiger partial charge in [-0.05, 0) is 24.6 Å². The highest BCUT2D eigenvalue weighted by Gasteiger charge is 2.05. The van der Waals surface area contributed by atoms with Gasteiger partial charge in [0.2, 0.25) is 0 Å². The van der Waals surface area contributed by atoms with Crippen LogP contribution >= 0.6 is 0 Å². The Labute approximate surface area is 121 Å². The van der Waals surface area contributed by atoms with Crippen molar-refractivity contribution in [1.29, 1.82) is 0 Å². The van der Waals surface area contributed by atoms with E-state index in [0.29, 0.717) is 12.4 Å². The zero-order valence-electron chi connectivity index (χ0n) is 11.8. The predicted octanol–water partition coefficient (Wildman–Crippen LogP) is 0.752. The maximum Gasteiger partial charge on any atom is 0.346 e. The number of benzene rings is 1. The highest BCUT2D eigenvalue weighted by atomic mass is 16.1. The lowest BCUT2D eigenvalue weighted by Gasteiger charge is -2.05. The molecule has 7 nitrogen and oxygen atoms in total. The van der Waals surface area contributed by atoms with Gasteiger partial charge >= 0.3 is 5.69 Å². The number of hydrogen-bond donors (Lipinski definition) is 2. The molecule has 21 heavy (non-hydrogen) atoms. The van der Waals surface area contributed by atoms with Crippen molar-refractivity contribution in [1.82, 2.24) is 19.7 Å². The summed E-state index contributed by atoms with van der Waals surface area (Å²) in [5.74, 6) is 0.655. The molecule has 0 bridgehead atoms. The van der Waals surface area contributed by atoms with Crippen LogP contribution in [0.2, 0.25) is 0 Å². The molecule has 2 heterocycles. The zero-order chi connectivity index (χ0) is 14.1. The number of fused-ring (bicyclic) bond motifs is 1. The van der Waals surface area contributed by atoms with Crippen LogP contribution in [0.15, 0.2) is 35.3 Å². The first-order chi connectivity index (χ1) is 9.63. The largest absolute Gasteiger partial charge is 0.412 e. The molecule has 4 N–H and O–H groups in total. The number of H-pyrrole nitrogens is 1. The third-order valence-electron chi connectivity index (χ3n) is 3.35. The lowest BCUT2D eigenvalue weighted by Crippen LogP contribution is -2.12. The Morgan fingerprint density at radius 3 is 2.90 bits per heavy atom. The molecule has 0 radical (unpaired) electrons. The van der Waals surface area contributed by atoms with Crippen LogP contribution in [0.1, 0.15) is 11.3 Å². The van der Waals surface area contributed by atoms with Gasteiger partial charge in [-0.1, -0.05) is 12.1 Å². The molecule has 0 aliphatic carbocycles. The molecule has 0 aliphatic heterocycles. The zero-order valence-corrected chi connectivity index (χ0v) is 11.8. The second-order valence-corrected chi connectivity index (χ2v) is 4.70. The van der Waals surface area contributed by atoms with E-state index in [1.807, 2.05) is 11.7 Å². The van der Waals surface area contributed by atoms with Crippen LogP contribution < -0.4 is 11.0 Å². The SMILES string of the molecule is Cc1c2ccc(CNc3ccnc(=O)[nH]3)cc2nn1C.O. The second kappa shape index (κ2) is 5.76. The molecule has 0 saturated carbocycles. The van der Waals surface area contributed by atoms with E-state index in [1.165, 1.54) is 6.20 Å². The minimum atomic E-state index is -0.356. The number of aryl methyl sites for hydroxylation is 2. The minimum absolute atomic E-state index is 0. The van der Waals surface area contributed by atoms with Gasteiger partial charge in [0.25, 0.3) is 0 Å². The lowest BCUT2D eigenvalue weighted by atomic mass is 10.1. The molecule has 0 aliphatic rings. The molecule has 3 aromatic rings. The molecule has 1 aromatic carbocycles. The molecule has 0 spiro atoms. The van der Waals surface area contributed by atoms with E-state index < -0.39 is 0 Å². The fraction of sp³-hybridized carbons (Fsp3) is 0.214. The number of hydrogen-bond acceptors (Lipinski definition) is 4. The first-order valence-electron chi connectivity index (χ1n) is 6.35. The molecular formula is C14H17N5O2. The Morgan fingerprint density at radius 1 is 1.33 bits per heavy atom. The van der Waals surface area contributed by atoms with E-state index >= 15 is 0 Å². The van der Waals surface area contributed by atoms with E-state index in [0.717, 1.165) is 22.2 Å². The summed E-state index contributed by atoms with van der Waals surface area (Å²) in [6.45, 7) is 2.67. The summed E-state index contributed by atoms with van der Waals surface area (Å²) in [6, 6.07) is 7.91. The summed E-state index contributed by atoms with van der Waals surface area (Å²) in [5.41, 5.74) is 2.88. The Bertz CT molecular complexity index is 822. The highest BCUT2D eigenvalue weighted by molar-refractivity contribution is 5.82. The topological polar surface area (TPSA) is 107 Å². The van der Waals surface area contributed by atoms with E-state index in [2.05, 4.69) is 45.5 Å². The predicted molar refractivity (Wildman–Crippen MR) is 81.2 cm³/mol. The van der Waals surface area contributed by atoms with Gasteiger partial charge in [0.05, 0.1) is 5.52 Å². The molecule has 110 valence electrons. The van der Waals surface area contributed by atoms with Gasteiger partial charge in [-0.2, -0.15) is 5.10 Å². The minimum Gasteiger partial charge on any atom is -0.412 e. The molecule has 0 amide bonds. The first-order valence-corrected chi connectivity index (χ1v) is 6.35. The van der Waals surface area contributed by atoms with Gasteiger partial charge < -0.3 is 10.8 Å². The third kappa shape index (κ3) is 2.92. The lowest BCUT2D eigenvalue weighted by molar-refractivity contribution is 0.751. The van der Waals surface area contributed by atoms with Crippen molar-refractivity contribution < 1.29 is 5.48 Å². The van der Waals surface area contributed by atoms with E-state index in [9.17, 15) is 4.79 Å². The Kier molecular flexibility index (Phi) is 4.04. The van der Waals surface area contributed by atoms with Crippen LogP contribution in [0.3, 0.4) is 0 Å². The summed E-state index contributed by atoms with van der Waals surface area (Å²) >= 11 is 0. The summed E-state index contributed by atoms with van der Waals surface area (Å²) in [6.07, 6.45) is 1.48. The Balaban J connectivity index is 0.00000161. The van der Waals surface area contributed by atoms with Crippen molar-refractivity contribution in [2.75, 3.05) is 5.32 Å². The Hall–Kier alpha value is -2.67. The van der Waals surface area contributed by atoms with Crippen molar-refractivity contribution in [3.8, 4) is 0 Å². The number of anilines is 1. The van der Waals surface area contributed by atoms with Crippen LogP contribution in [0, 0.1) is 6.92 Å². The van der Waals surface area contributed by atoms with Crippen molar-refractivity contribution in [2.45, 2.75) is 13.5 Å². The summed E-state index contributed by atoms with van der Waals surface area (Å²) in [5, 5.41) is 8.78.